The molecule has 0 aliphatic heterocycles. The largest absolute Gasteiger partial charge is 0.211 e. The zero-order chi connectivity index (χ0) is 6.57. The summed E-state index contributed by atoms with van der Waals surface area (Å²) in [6, 6.07) is 0. The molecule has 0 spiro atoms. The van der Waals surface area contributed by atoms with Crippen LogP contribution in [0.4, 0.5) is 4.39 Å². The lowest BCUT2D eigenvalue weighted by molar-refractivity contribution is 0.597. The third kappa shape index (κ3) is 2.46. The SMILES string of the molecule is CC/C(F)=C(/Br)CC. The van der Waals surface area contributed by atoms with E-state index in [-0.39, 0.29) is 5.83 Å². The van der Waals surface area contributed by atoms with Crippen molar-refractivity contribution in [2.75, 3.05) is 0 Å². The van der Waals surface area contributed by atoms with E-state index >= 15 is 0 Å². The molecule has 8 heavy (non-hydrogen) atoms. The highest BCUT2D eigenvalue weighted by Gasteiger charge is 1.95. The number of hydrogen-bond donors (Lipinski definition) is 0. The Bertz CT molecular complexity index is 84.7. The highest BCUT2D eigenvalue weighted by molar-refractivity contribution is 9.11. The molecule has 48 valence electrons. The van der Waals surface area contributed by atoms with Gasteiger partial charge in [-0.1, -0.05) is 29.8 Å². The van der Waals surface area contributed by atoms with Gasteiger partial charge in [0, 0.05) is 4.48 Å². The molecule has 0 bridgehead atoms. The zero-order valence-electron chi connectivity index (χ0n) is 5.17. The molecule has 0 aliphatic carbocycles. The van der Waals surface area contributed by atoms with E-state index in [9.17, 15) is 4.39 Å². The Kier molecular flexibility index (Phi) is 4.15. The molecule has 0 fully saturated rings. The van der Waals surface area contributed by atoms with Gasteiger partial charge in [-0.2, -0.15) is 0 Å². The van der Waals surface area contributed by atoms with E-state index in [2.05, 4.69) is 15.9 Å². The molecule has 0 radical (unpaired) electrons. The van der Waals surface area contributed by atoms with Crippen molar-refractivity contribution in [1.82, 2.24) is 0 Å². The van der Waals surface area contributed by atoms with Gasteiger partial charge in [0.25, 0.3) is 0 Å². The van der Waals surface area contributed by atoms with E-state index in [0.29, 0.717) is 10.9 Å². The van der Waals surface area contributed by atoms with Gasteiger partial charge in [0.2, 0.25) is 0 Å². The average molecular weight is 181 g/mol. The molecule has 0 unspecified atom stereocenters. The maximum Gasteiger partial charge on any atom is 0.110 e. The Morgan fingerprint density at radius 1 is 1.38 bits per heavy atom. The minimum absolute atomic E-state index is 0.0347. The van der Waals surface area contributed by atoms with E-state index in [1.165, 1.54) is 0 Å². The molecule has 0 nitrogen and oxygen atoms in total. The first kappa shape index (κ1) is 8.15. The highest BCUT2D eigenvalue weighted by atomic mass is 79.9. The van der Waals surface area contributed by atoms with Gasteiger partial charge >= 0.3 is 0 Å². The van der Waals surface area contributed by atoms with Crippen LogP contribution >= 0.6 is 15.9 Å². The van der Waals surface area contributed by atoms with Gasteiger partial charge in [0.05, 0.1) is 0 Å². The number of hydrogen-bond acceptors (Lipinski definition) is 0. The van der Waals surface area contributed by atoms with Gasteiger partial charge in [-0.15, -0.1) is 0 Å². The average Bonchev–Trinajstić information content (AvgIpc) is 1.84. The van der Waals surface area contributed by atoms with E-state index in [1.54, 1.807) is 6.92 Å². The minimum atomic E-state index is -0.0347. The molecule has 0 aromatic heterocycles. The first-order chi connectivity index (χ1) is 3.72. The predicted molar refractivity (Wildman–Crippen MR) is 37.6 cm³/mol. The summed E-state index contributed by atoms with van der Waals surface area (Å²) in [4.78, 5) is 0. The molecule has 0 aromatic rings. The monoisotopic (exact) mass is 180 g/mol. The summed E-state index contributed by atoms with van der Waals surface area (Å²) in [6.45, 7) is 3.71. The zero-order valence-corrected chi connectivity index (χ0v) is 6.76. The van der Waals surface area contributed by atoms with Gasteiger partial charge in [0.15, 0.2) is 0 Å². The van der Waals surface area contributed by atoms with E-state index in [4.69, 9.17) is 0 Å². The summed E-state index contributed by atoms with van der Waals surface area (Å²) in [7, 11) is 0. The van der Waals surface area contributed by atoms with Crippen molar-refractivity contribution in [3.8, 4) is 0 Å². The summed E-state index contributed by atoms with van der Waals surface area (Å²) in [6.07, 6.45) is 1.24. The molecule has 0 N–H and O–H groups in total. The standard InChI is InChI=1S/C6H10BrF/c1-3-5(7)6(8)4-2/h3-4H2,1-2H3/b6-5-. The van der Waals surface area contributed by atoms with Crippen LogP contribution in [0.5, 0.6) is 0 Å². The molecule has 0 saturated carbocycles. The predicted octanol–water partition coefficient (Wildman–Crippen LogP) is 3.38. The fourth-order valence-electron chi connectivity index (χ4n) is 0.384. The second kappa shape index (κ2) is 4.07. The van der Waals surface area contributed by atoms with Gasteiger partial charge < -0.3 is 0 Å². The summed E-state index contributed by atoms with van der Waals surface area (Å²) >= 11 is 3.11. The van der Waals surface area contributed by atoms with Crippen LogP contribution in [-0.2, 0) is 0 Å². The molecule has 0 saturated heterocycles. The Morgan fingerprint density at radius 2 is 1.88 bits per heavy atom. The van der Waals surface area contributed by atoms with Crippen LogP contribution in [0, 0.1) is 0 Å². The summed E-state index contributed by atoms with van der Waals surface area (Å²) in [5, 5.41) is 0. The van der Waals surface area contributed by atoms with Crippen molar-refractivity contribution in [2.45, 2.75) is 26.7 Å². The quantitative estimate of drug-likeness (QED) is 0.612. The molecule has 0 rings (SSSR count). The van der Waals surface area contributed by atoms with Crippen LogP contribution in [0.2, 0.25) is 0 Å². The second-order valence-electron chi connectivity index (χ2n) is 1.52. The smallest absolute Gasteiger partial charge is 0.110 e. The fourth-order valence-corrected chi connectivity index (χ4v) is 0.664. The lowest BCUT2D eigenvalue weighted by Gasteiger charge is -1.92. The summed E-state index contributed by atoms with van der Waals surface area (Å²) in [5.41, 5.74) is 0. The molecular formula is C6H10BrF. The maximum atomic E-state index is 12.4. The van der Waals surface area contributed by atoms with Gasteiger partial charge in [-0.25, -0.2) is 4.39 Å². The van der Waals surface area contributed by atoms with Crippen LogP contribution in [0.15, 0.2) is 10.3 Å². The van der Waals surface area contributed by atoms with Crippen LogP contribution in [0.25, 0.3) is 0 Å². The van der Waals surface area contributed by atoms with E-state index in [1.807, 2.05) is 6.92 Å². The van der Waals surface area contributed by atoms with Crippen molar-refractivity contribution in [1.29, 1.82) is 0 Å². The molecule has 0 atom stereocenters. The van der Waals surface area contributed by atoms with Crippen LogP contribution in [0.3, 0.4) is 0 Å². The van der Waals surface area contributed by atoms with E-state index < -0.39 is 0 Å². The molecule has 2 heteroatoms. The van der Waals surface area contributed by atoms with Gasteiger partial charge in [-0.05, 0) is 12.8 Å². The van der Waals surface area contributed by atoms with Crippen molar-refractivity contribution < 1.29 is 4.39 Å². The molecule has 0 aromatic carbocycles. The van der Waals surface area contributed by atoms with Crippen molar-refractivity contribution in [2.24, 2.45) is 0 Å². The normalized spacial score (nSPS) is 13.5. The summed E-state index contributed by atoms with van der Waals surface area (Å²) in [5.74, 6) is -0.0347. The second-order valence-corrected chi connectivity index (χ2v) is 2.47. The minimum Gasteiger partial charge on any atom is -0.211 e. The van der Waals surface area contributed by atoms with Crippen LogP contribution in [-0.4, -0.2) is 0 Å². The topological polar surface area (TPSA) is 0 Å². The lowest BCUT2D eigenvalue weighted by Crippen LogP contribution is -1.73. The van der Waals surface area contributed by atoms with Gasteiger partial charge in [0.1, 0.15) is 5.83 Å². The number of rotatable bonds is 2. The van der Waals surface area contributed by atoms with Crippen molar-refractivity contribution in [3.63, 3.8) is 0 Å². The molecule has 0 aliphatic rings. The molecular weight excluding hydrogens is 171 g/mol. The number of halogens is 2. The fraction of sp³-hybridized carbons (Fsp3) is 0.667. The maximum absolute atomic E-state index is 12.4. The first-order valence-corrected chi connectivity index (χ1v) is 3.54. The first-order valence-electron chi connectivity index (χ1n) is 2.75. The molecule has 0 heterocycles. The van der Waals surface area contributed by atoms with Gasteiger partial charge in [-0.3, -0.25) is 0 Å². The highest BCUT2D eigenvalue weighted by Crippen LogP contribution is 2.18. The number of allylic oxidation sites excluding steroid dienone is 2. The summed E-state index contributed by atoms with van der Waals surface area (Å²) < 4.78 is 13.1. The van der Waals surface area contributed by atoms with Crippen molar-refractivity contribution in [3.05, 3.63) is 10.3 Å². The Labute approximate surface area is 57.9 Å². The van der Waals surface area contributed by atoms with Crippen LogP contribution in [0.1, 0.15) is 26.7 Å². The Morgan fingerprint density at radius 3 is 2.00 bits per heavy atom. The van der Waals surface area contributed by atoms with Crippen LogP contribution < -0.4 is 0 Å². The third-order valence-corrected chi connectivity index (χ3v) is 1.91. The Balaban J connectivity index is 3.83. The van der Waals surface area contributed by atoms with Crippen molar-refractivity contribution >= 4 is 15.9 Å². The van der Waals surface area contributed by atoms with E-state index in [0.717, 1.165) is 6.42 Å². The molecule has 0 amide bonds. The third-order valence-electron chi connectivity index (χ3n) is 0.915. The lowest BCUT2D eigenvalue weighted by atomic mass is 10.3. The Hall–Kier alpha value is 0.150.